The van der Waals surface area contributed by atoms with Gasteiger partial charge in [-0.3, -0.25) is 4.79 Å². The fourth-order valence-corrected chi connectivity index (χ4v) is 3.15. The summed E-state index contributed by atoms with van der Waals surface area (Å²) in [6, 6.07) is 4.29. The van der Waals surface area contributed by atoms with Crippen LogP contribution < -0.4 is 5.32 Å². The van der Waals surface area contributed by atoms with E-state index < -0.39 is 0 Å². The number of thiophene rings is 1. The Bertz CT molecular complexity index is 331. The quantitative estimate of drug-likeness (QED) is 0.798. The van der Waals surface area contributed by atoms with Gasteiger partial charge >= 0.3 is 0 Å². The molecule has 4 heteroatoms. The molecule has 1 N–H and O–H groups in total. The Morgan fingerprint density at radius 2 is 2.19 bits per heavy atom. The number of carbonyl (C=O) groups is 1. The fraction of sp³-hybridized carbons (Fsp3) is 0.583. The van der Waals surface area contributed by atoms with Crippen molar-refractivity contribution in [3.05, 3.63) is 22.4 Å². The van der Waals surface area contributed by atoms with Crippen LogP contribution in [0, 0.1) is 0 Å². The van der Waals surface area contributed by atoms with Crippen LogP contribution in [0.2, 0.25) is 0 Å². The van der Waals surface area contributed by atoms with Crippen LogP contribution >= 0.6 is 24.0 Å². The summed E-state index contributed by atoms with van der Waals surface area (Å²) in [6.45, 7) is 0. The smallest absolute Gasteiger partial charge is 0.238 e. The first-order chi connectivity index (χ1) is 7.77. The molecule has 0 spiro atoms. The van der Waals surface area contributed by atoms with E-state index in [0.29, 0.717) is 6.04 Å². The molecule has 0 radical (unpaired) electrons. The molecule has 2 rings (SSSR count). The van der Waals surface area contributed by atoms with Crippen molar-refractivity contribution in [2.24, 2.45) is 0 Å². The normalized spacial score (nSPS) is 19.3. The molecule has 0 saturated heterocycles. The van der Waals surface area contributed by atoms with Gasteiger partial charge in [0.2, 0.25) is 5.91 Å². The second-order valence-corrected chi connectivity index (χ2v) is 5.76. The second-order valence-electron chi connectivity index (χ2n) is 4.26. The summed E-state index contributed by atoms with van der Waals surface area (Å²) >= 11 is 5.96. The third-order valence-electron chi connectivity index (χ3n) is 3.01. The Hall–Kier alpha value is -0.480. The van der Waals surface area contributed by atoms with Crippen LogP contribution in [-0.2, 0) is 4.79 Å². The zero-order valence-electron chi connectivity index (χ0n) is 9.19. The predicted octanol–water partition coefficient (Wildman–Crippen LogP) is 3.17. The zero-order chi connectivity index (χ0) is 11.4. The van der Waals surface area contributed by atoms with Gasteiger partial charge in [-0.15, -0.1) is 11.3 Å². The van der Waals surface area contributed by atoms with E-state index in [0.717, 1.165) is 17.7 Å². The first kappa shape index (κ1) is 12.0. The third-order valence-corrected chi connectivity index (χ3v) is 4.64. The average molecular weight is 255 g/mol. The summed E-state index contributed by atoms with van der Waals surface area (Å²) in [5.41, 5.74) is 0. The molecule has 1 aromatic rings. The first-order valence-corrected chi connectivity index (χ1v) is 7.19. The van der Waals surface area contributed by atoms with Gasteiger partial charge in [0.05, 0.1) is 0 Å². The maximum atomic E-state index is 11.9. The summed E-state index contributed by atoms with van der Waals surface area (Å²) in [5.74, 6) is 0.0534. The van der Waals surface area contributed by atoms with Crippen molar-refractivity contribution in [1.82, 2.24) is 5.32 Å². The molecule has 1 aliphatic rings. The van der Waals surface area contributed by atoms with E-state index in [1.165, 1.54) is 19.3 Å². The van der Waals surface area contributed by atoms with Crippen molar-refractivity contribution >= 4 is 29.9 Å². The lowest BCUT2D eigenvalue weighted by atomic mass is 9.95. The van der Waals surface area contributed by atoms with Gasteiger partial charge in [-0.05, 0) is 24.3 Å². The zero-order valence-corrected chi connectivity index (χ0v) is 10.9. The van der Waals surface area contributed by atoms with Crippen LogP contribution in [0.1, 0.15) is 42.2 Å². The molecule has 1 fully saturated rings. The molecular weight excluding hydrogens is 238 g/mol. The van der Waals surface area contributed by atoms with E-state index in [4.69, 9.17) is 0 Å². The molecule has 1 atom stereocenters. The minimum atomic E-state index is -0.304. The molecule has 0 aromatic carbocycles. The van der Waals surface area contributed by atoms with Gasteiger partial charge in [-0.25, -0.2) is 0 Å². The van der Waals surface area contributed by atoms with Gasteiger partial charge < -0.3 is 5.32 Å². The number of hydrogen-bond acceptors (Lipinski definition) is 3. The number of hydrogen-bond donors (Lipinski definition) is 2. The lowest BCUT2D eigenvalue weighted by Crippen LogP contribution is -2.37. The Morgan fingerprint density at radius 3 is 2.81 bits per heavy atom. The largest absolute Gasteiger partial charge is 0.352 e. The van der Waals surface area contributed by atoms with Crippen molar-refractivity contribution in [3.63, 3.8) is 0 Å². The maximum absolute atomic E-state index is 11.9. The SMILES string of the molecule is O=C(NC1CCCCC1)C(S)c1cccs1. The second kappa shape index (κ2) is 5.73. The Kier molecular flexibility index (Phi) is 4.29. The van der Waals surface area contributed by atoms with E-state index in [9.17, 15) is 4.79 Å². The van der Waals surface area contributed by atoms with Gasteiger partial charge in [0.1, 0.15) is 5.25 Å². The molecule has 16 heavy (non-hydrogen) atoms. The van der Waals surface area contributed by atoms with Gasteiger partial charge in [0.15, 0.2) is 0 Å². The summed E-state index contributed by atoms with van der Waals surface area (Å²) in [6.07, 6.45) is 6.03. The molecule has 1 unspecified atom stereocenters. The van der Waals surface area contributed by atoms with E-state index in [2.05, 4.69) is 17.9 Å². The number of nitrogens with one attached hydrogen (secondary N) is 1. The molecule has 0 bridgehead atoms. The molecule has 0 aliphatic heterocycles. The number of amides is 1. The van der Waals surface area contributed by atoms with Crippen molar-refractivity contribution < 1.29 is 4.79 Å². The first-order valence-electron chi connectivity index (χ1n) is 5.79. The lowest BCUT2D eigenvalue weighted by Gasteiger charge is -2.24. The van der Waals surface area contributed by atoms with Crippen LogP contribution in [-0.4, -0.2) is 11.9 Å². The van der Waals surface area contributed by atoms with Crippen LogP contribution in [0.3, 0.4) is 0 Å². The van der Waals surface area contributed by atoms with E-state index in [1.807, 2.05) is 17.5 Å². The molecule has 1 aliphatic carbocycles. The minimum Gasteiger partial charge on any atom is -0.352 e. The molecule has 88 valence electrons. The van der Waals surface area contributed by atoms with Gasteiger partial charge in [0, 0.05) is 10.9 Å². The third kappa shape index (κ3) is 3.01. The Labute approximate surface area is 106 Å². The highest BCUT2D eigenvalue weighted by Gasteiger charge is 2.21. The van der Waals surface area contributed by atoms with Gasteiger partial charge in [0.25, 0.3) is 0 Å². The minimum absolute atomic E-state index is 0.0534. The van der Waals surface area contributed by atoms with Crippen LogP contribution in [0.5, 0.6) is 0 Å². The van der Waals surface area contributed by atoms with Gasteiger partial charge in [-0.1, -0.05) is 25.3 Å². The fourth-order valence-electron chi connectivity index (χ4n) is 2.10. The summed E-state index contributed by atoms with van der Waals surface area (Å²) in [5, 5.41) is 4.77. The number of carbonyl (C=O) groups excluding carboxylic acids is 1. The summed E-state index contributed by atoms with van der Waals surface area (Å²) in [4.78, 5) is 13.0. The van der Waals surface area contributed by atoms with Crippen molar-refractivity contribution in [2.45, 2.75) is 43.4 Å². The summed E-state index contributed by atoms with van der Waals surface area (Å²) < 4.78 is 0. The molecule has 1 saturated carbocycles. The van der Waals surface area contributed by atoms with Crippen LogP contribution in [0.4, 0.5) is 0 Å². The predicted molar refractivity (Wildman–Crippen MR) is 71.1 cm³/mol. The van der Waals surface area contributed by atoms with E-state index in [-0.39, 0.29) is 11.2 Å². The monoisotopic (exact) mass is 255 g/mol. The van der Waals surface area contributed by atoms with Gasteiger partial charge in [-0.2, -0.15) is 12.6 Å². The lowest BCUT2D eigenvalue weighted by molar-refractivity contribution is -0.121. The molecule has 1 heterocycles. The van der Waals surface area contributed by atoms with Crippen molar-refractivity contribution in [3.8, 4) is 0 Å². The van der Waals surface area contributed by atoms with Crippen molar-refractivity contribution in [1.29, 1.82) is 0 Å². The van der Waals surface area contributed by atoms with Crippen LogP contribution in [0.25, 0.3) is 0 Å². The van der Waals surface area contributed by atoms with Crippen LogP contribution in [0.15, 0.2) is 17.5 Å². The molecular formula is C12H17NOS2. The number of rotatable bonds is 3. The molecule has 2 nitrogen and oxygen atoms in total. The molecule has 1 amide bonds. The highest BCUT2D eigenvalue weighted by atomic mass is 32.1. The van der Waals surface area contributed by atoms with E-state index >= 15 is 0 Å². The highest BCUT2D eigenvalue weighted by Crippen LogP contribution is 2.25. The highest BCUT2D eigenvalue weighted by molar-refractivity contribution is 7.81. The maximum Gasteiger partial charge on any atom is 0.238 e. The van der Waals surface area contributed by atoms with E-state index in [1.54, 1.807) is 11.3 Å². The Morgan fingerprint density at radius 1 is 1.44 bits per heavy atom. The van der Waals surface area contributed by atoms with Crippen molar-refractivity contribution in [2.75, 3.05) is 0 Å². The topological polar surface area (TPSA) is 29.1 Å². The molecule has 1 aromatic heterocycles. The number of thiol groups is 1. The standard InChI is InChI=1S/C12H17NOS2/c14-12(11(15)10-7-4-8-16-10)13-9-5-2-1-3-6-9/h4,7-9,11,15H,1-3,5-6H2,(H,13,14). The summed E-state index contributed by atoms with van der Waals surface area (Å²) in [7, 11) is 0. The Balaban J connectivity index is 1.87. The average Bonchev–Trinajstić information content (AvgIpc) is 2.83.